The number of nitrogens with one attached hydrogen (secondary N) is 1. The number of aliphatic imine (C=N–C) groups is 1. The Kier molecular flexibility index (Phi) is 6.74. The average molecular weight is 426 g/mol. The summed E-state index contributed by atoms with van der Waals surface area (Å²) < 4.78 is 0. The van der Waals surface area contributed by atoms with Crippen LogP contribution in [-0.4, -0.2) is 35.5 Å². The van der Waals surface area contributed by atoms with E-state index in [1.807, 2.05) is 0 Å². The van der Waals surface area contributed by atoms with Gasteiger partial charge in [0.1, 0.15) is 0 Å². The molecule has 0 saturated carbocycles. The minimum atomic E-state index is 0. The van der Waals surface area contributed by atoms with Crippen LogP contribution in [0.3, 0.4) is 0 Å². The largest absolute Gasteiger partial charge is 0.370 e. The van der Waals surface area contributed by atoms with Gasteiger partial charge >= 0.3 is 0 Å². The molecule has 1 aromatic heterocycles. The van der Waals surface area contributed by atoms with Crippen molar-refractivity contribution >= 4 is 40.8 Å². The van der Waals surface area contributed by atoms with Crippen LogP contribution < -0.4 is 5.73 Å². The van der Waals surface area contributed by atoms with Crippen molar-refractivity contribution in [2.75, 3.05) is 19.6 Å². The van der Waals surface area contributed by atoms with Crippen LogP contribution in [0.2, 0.25) is 0 Å². The summed E-state index contributed by atoms with van der Waals surface area (Å²) in [4.78, 5) is 10.2. The number of guanidine groups is 1. The molecule has 4 nitrogen and oxygen atoms in total. The number of aromatic nitrogens is 1. The third-order valence-corrected chi connectivity index (χ3v) is 4.51. The Hall–Kier alpha value is -1.24. The van der Waals surface area contributed by atoms with Gasteiger partial charge in [0.15, 0.2) is 5.96 Å². The molecular formula is C18H27IN4. The molecule has 0 amide bonds. The van der Waals surface area contributed by atoms with E-state index in [0.717, 1.165) is 32.0 Å². The highest BCUT2D eigenvalue weighted by Crippen LogP contribution is 2.20. The second-order valence-electron chi connectivity index (χ2n) is 6.25. The summed E-state index contributed by atoms with van der Waals surface area (Å²) in [6, 6.07) is 6.54. The molecule has 5 heteroatoms. The van der Waals surface area contributed by atoms with Gasteiger partial charge in [-0.25, -0.2) is 0 Å². The molecule has 3 rings (SSSR count). The van der Waals surface area contributed by atoms with Gasteiger partial charge in [0.2, 0.25) is 0 Å². The molecule has 23 heavy (non-hydrogen) atoms. The highest BCUT2D eigenvalue weighted by Gasteiger charge is 2.10. The maximum atomic E-state index is 6.16. The highest BCUT2D eigenvalue weighted by atomic mass is 127. The van der Waals surface area contributed by atoms with Crippen molar-refractivity contribution in [3.05, 3.63) is 35.5 Å². The van der Waals surface area contributed by atoms with Gasteiger partial charge in [-0.1, -0.05) is 25.0 Å². The Balaban J connectivity index is 0.00000192. The van der Waals surface area contributed by atoms with Crippen LogP contribution in [0, 0.1) is 6.92 Å². The van der Waals surface area contributed by atoms with Crippen molar-refractivity contribution in [1.82, 2.24) is 9.88 Å². The van der Waals surface area contributed by atoms with Crippen LogP contribution >= 0.6 is 24.0 Å². The van der Waals surface area contributed by atoms with Crippen molar-refractivity contribution in [2.45, 2.75) is 39.0 Å². The first-order valence-electron chi connectivity index (χ1n) is 8.35. The van der Waals surface area contributed by atoms with E-state index >= 15 is 0 Å². The summed E-state index contributed by atoms with van der Waals surface area (Å²) in [5.41, 5.74) is 9.97. The number of H-pyrrole nitrogens is 1. The van der Waals surface area contributed by atoms with Crippen LogP contribution in [0.1, 0.15) is 36.8 Å². The quantitative estimate of drug-likeness (QED) is 0.445. The summed E-state index contributed by atoms with van der Waals surface area (Å²) >= 11 is 0. The lowest BCUT2D eigenvalue weighted by atomic mass is 10.1. The molecule has 3 N–H and O–H groups in total. The zero-order valence-electron chi connectivity index (χ0n) is 13.8. The Morgan fingerprint density at radius 3 is 2.70 bits per heavy atom. The van der Waals surface area contributed by atoms with Crippen LogP contribution in [-0.2, 0) is 6.42 Å². The van der Waals surface area contributed by atoms with Crippen molar-refractivity contribution in [3.8, 4) is 0 Å². The lowest BCUT2D eigenvalue weighted by molar-refractivity contribution is 0.428. The normalized spacial score (nSPS) is 16.2. The van der Waals surface area contributed by atoms with Gasteiger partial charge in [-0.15, -0.1) is 24.0 Å². The topological polar surface area (TPSA) is 57.4 Å². The molecule has 1 aromatic carbocycles. The zero-order chi connectivity index (χ0) is 15.4. The first-order valence-corrected chi connectivity index (χ1v) is 8.35. The number of aromatic amines is 1. The van der Waals surface area contributed by atoms with Crippen molar-refractivity contribution in [1.29, 1.82) is 0 Å². The highest BCUT2D eigenvalue weighted by molar-refractivity contribution is 14.0. The van der Waals surface area contributed by atoms with E-state index in [2.05, 4.69) is 46.2 Å². The van der Waals surface area contributed by atoms with E-state index in [4.69, 9.17) is 5.73 Å². The van der Waals surface area contributed by atoms with Crippen molar-refractivity contribution < 1.29 is 0 Å². The van der Waals surface area contributed by atoms with Gasteiger partial charge in [0.05, 0.1) is 0 Å². The van der Waals surface area contributed by atoms with Gasteiger partial charge in [-0.3, -0.25) is 4.99 Å². The first kappa shape index (κ1) is 18.1. The smallest absolute Gasteiger partial charge is 0.191 e. The monoisotopic (exact) mass is 426 g/mol. The molecule has 0 radical (unpaired) electrons. The Morgan fingerprint density at radius 2 is 1.96 bits per heavy atom. The summed E-state index contributed by atoms with van der Waals surface area (Å²) in [6.07, 6.45) is 8.13. The molecule has 0 aliphatic carbocycles. The second kappa shape index (κ2) is 8.57. The van der Waals surface area contributed by atoms with E-state index in [1.165, 1.54) is 47.7 Å². The number of benzene rings is 1. The van der Waals surface area contributed by atoms with Crippen LogP contribution in [0.4, 0.5) is 0 Å². The molecule has 0 bridgehead atoms. The fraction of sp³-hybridized carbons (Fsp3) is 0.500. The number of hydrogen-bond acceptors (Lipinski definition) is 1. The number of nitrogens with zero attached hydrogens (tertiary/aromatic N) is 2. The van der Waals surface area contributed by atoms with Crippen LogP contribution in [0.25, 0.3) is 10.9 Å². The predicted molar refractivity (Wildman–Crippen MR) is 109 cm³/mol. The molecular weight excluding hydrogens is 399 g/mol. The SMILES string of the molecule is Cc1ccc2c(CCN=C(N)N3CCCCCC3)c[nH]c2c1.I. The van der Waals surface area contributed by atoms with Gasteiger partial charge < -0.3 is 15.6 Å². The number of halogens is 1. The maximum Gasteiger partial charge on any atom is 0.191 e. The standard InChI is InChI=1S/C18H26N4.HI/c1-14-6-7-16-15(13-21-17(16)12-14)8-9-20-18(19)22-10-4-2-3-5-11-22;/h6-7,12-13,21H,2-5,8-11H2,1H3,(H2,19,20);1H. The van der Waals surface area contributed by atoms with E-state index in [1.54, 1.807) is 0 Å². The van der Waals surface area contributed by atoms with Crippen LogP contribution in [0.15, 0.2) is 29.4 Å². The number of likely N-dealkylation sites (tertiary alicyclic amines) is 1. The summed E-state index contributed by atoms with van der Waals surface area (Å²) in [5, 5.41) is 1.30. The fourth-order valence-electron chi connectivity index (χ4n) is 3.20. The zero-order valence-corrected chi connectivity index (χ0v) is 16.2. The van der Waals surface area contributed by atoms with E-state index in [-0.39, 0.29) is 24.0 Å². The minimum Gasteiger partial charge on any atom is -0.370 e. The predicted octanol–water partition coefficient (Wildman–Crippen LogP) is 3.83. The molecule has 0 unspecified atom stereocenters. The lowest BCUT2D eigenvalue weighted by Crippen LogP contribution is -2.38. The van der Waals surface area contributed by atoms with E-state index in [9.17, 15) is 0 Å². The van der Waals surface area contributed by atoms with Gasteiger partial charge in [-0.2, -0.15) is 0 Å². The molecule has 1 aliphatic rings. The number of nitrogens with two attached hydrogens (primary N) is 1. The number of hydrogen-bond donors (Lipinski definition) is 2. The summed E-state index contributed by atoms with van der Waals surface area (Å²) in [7, 11) is 0. The Labute approximate surface area is 155 Å². The van der Waals surface area contributed by atoms with Gasteiger partial charge in [0, 0.05) is 36.7 Å². The minimum absolute atomic E-state index is 0. The Morgan fingerprint density at radius 1 is 1.22 bits per heavy atom. The van der Waals surface area contributed by atoms with E-state index in [0.29, 0.717) is 0 Å². The first-order chi connectivity index (χ1) is 10.7. The number of aryl methyl sites for hydroxylation is 1. The average Bonchev–Trinajstić information content (AvgIpc) is 2.74. The molecule has 2 heterocycles. The Bertz CT molecular complexity index is 654. The van der Waals surface area contributed by atoms with Crippen LogP contribution in [0.5, 0.6) is 0 Å². The summed E-state index contributed by atoms with van der Waals surface area (Å²) in [6.45, 7) is 4.98. The third kappa shape index (κ3) is 4.62. The number of rotatable bonds is 3. The third-order valence-electron chi connectivity index (χ3n) is 4.51. The molecule has 1 saturated heterocycles. The van der Waals surface area contributed by atoms with E-state index < -0.39 is 0 Å². The number of fused-ring (bicyclic) bond motifs is 1. The van der Waals surface area contributed by atoms with Crippen molar-refractivity contribution in [2.24, 2.45) is 10.7 Å². The molecule has 1 aliphatic heterocycles. The van der Waals surface area contributed by atoms with Gasteiger partial charge in [-0.05, 0) is 43.4 Å². The molecule has 2 aromatic rings. The maximum absolute atomic E-state index is 6.16. The molecule has 1 fully saturated rings. The fourth-order valence-corrected chi connectivity index (χ4v) is 3.20. The lowest BCUT2D eigenvalue weighted by Gasteiger charge is -2.21. The van der Waals surface area contributed by atoms with Crippen molar-refractivity contribution in [3.63, 3.8) is 0 Å². The van der Waals surface area contributed by atoms with Gasteiger partial charge in [0.25, 0.3) is 0 Å². The molecule has 126 valence electrons. The molecule has 0 spiro atoms. The summed E-state index contributed by atoms with van der Waals surface area (Å²) in [5.74, 6) is 0.720. The molecule has 0 atom stereocenters. The second-order valence-corrected chi connectivity index (χ2v) is 6.25.